The summed E-state index contributed by atoms with van der Waals surface area (Å²) >= 11 is 0. The number of nitrogens with zero attached hydrogens (tertiary/aromatic N) is 3. The number of anilines is 2. The molecule has 0 saturated carbocycles. The molecule has 5 aromatic rings. The Labute approximate surface area is 252 Å². The van der Waals surface area contributed by atoms with Gasteiger partial charge in [0, 0.05) is 29.3 Å². The molecule has 43 heavy (non-hydrogen) atoms. The van der Waals surface area contributed by atoms with Gasteiger partial charge in [-0.15, -0.1) is 0 Å². The first-order valence-electron chi connectivity index (χ1n) is 14.9. The molecule has 1 atom stereocenters. The second kappa shape index (κ2) is 11.9. The van der Waals surface area contributed by atoms with Gasteiger partial charge in [-0.05, 0) is 60.4 Å². The number of amides is 1. The number of nitrogens with one attached hydrogen (secondary N) is 2. The molecule has 1 amide bonds. The van der Waals surface area contributed by atoms with E-state index in [-0.39, 0.29) is 18.2 Å². The summed E-state index contributed by atoms with van der Waals surface area (Å²) in [5.41, 5.74) is 13.2. The predicted molar refractivity (Wildman–Crippen MR) is 174 cm³/mol. The van der Waals surface area contributed by atoms with Crippen LogP contribution < -0.4 is 21.1 Å². The van der Waals surface area contributed by atoms with Crippen molar-refractivity contribution >= 4 is 39.3 Å². The number of benzene rings is 3. The Morgan fingerprint density at radius 1 is 1.12 bits per heavy atom. The normalized spacial score (nSPS) is 15.2. The maximum Gasteiger partial charge on any atom is 0.228 e. The first-order chi connectivity index (χ1) is 20.9. The number of hydrogen-bond donors (Lipinski definition) is 3. The summed E-state index contributed by atoms with van der Waals surface area (Å²) in [5.74, 6) is 2.17. The molecule has 8 nitrogen and oxygen atoms in total. The minimum absolute atomic E-state index is 0.0972. The molecule has 220 valence electrons. The molecule has 2 heterocycles. The van der Waals surface area contributed by atoms with Crippen molar-refractivity contribution in [3.8, 4) is 17.0 Å². The van der Waals surface area contributed by atoms with E-state index in [9.17, 15) is 4.79 Å². The molecule has 0 fully saturated rings. The zero-order valence-corrected chi connectivity index (χ0v) is 25.1. The zero-order chi connectivity index (χ0) is 30.1. The number of ether oxygens (including phenoxy) is 1. The Hall–Kier alpha value is -4.69. The van der Waals surface area contributed by atoms with Crippen LogP contribution in [0.2, 0.25) is 0 Å². The predicted octanol–water partition coefficient (Wildman–Crippen LogP) is 6.60. The maximum absolute atomic E-state index is 13.1. The van der Waals surface area contributed by atoms with Gasteiger partial charge in [0.15, 0.2) is 0 Å². The Morgan fingerprint density at radius 2 is 1.93 bits per heavy atom. The fourth-order valence-electron chi connectivity index (χ4n) is 6.10. The van der Waals surface area contributed by atoms with Gasteiger partial charge in [-0.1, -0.05) is 62.4 Å². The Morgan fingerprint density at radius 3 is 2.65 bits per heavy atom. The number of nitrogen functional groups attached to an aromatic ring is 1. The highest BCUT2D eigenvalue weighted by Gasteiger charge is 2.25. The van der Waals surface area contributed by atoms with Gasteiger partial charge in [0.2, 0.25) is 5.91 Å². The number of fused-ring (bicyclic) bond motifs is 2. The first-order valence-corrected chi connectivity index (χ1v) is 14.9. The van der Waals surface area contributed by atoms with Crippen molar-refractivity contribution in [3.05, 3.63) is 90.0 Å². The average Bonchev–Trinajstić information content (AvgIpc) is 3.43. The summed E-state index contributed by atoms with van der Waals surface area (Å²) < 4.78 is 7.52. The fourth-order valence-corrected chi connectivity index (χ4v) is 6.10. The quantitative estimate of drug-likeness (QED) is 0.193. The summed E-state index contributed by atoms with van der Waals surface area (Å²) in [6.07, 6.45) is 7.47. The highest BCUT2D eigenvalue weighted by atomic mass is 16.5. The van der Waals surface area contributed by atoms with Crippen molar-refractivity contribution in [2.75, 3.05) is 25.2 Å². The summed E-state index contributed by atoms with van der Waals surface area (Å²) in [5, 5.41) is 8.42. The molecule has 0 aliphatic heterocycles. The molecule has 0 radical (unpaired) electrons. The van der Waals surface area contributed by atoms with Crippen LogP contribution in [0.5, 0.6) is 5.75 Å². The summed E-state index contributed by atoms with van der Waals surface area (Å²) in [6.45, 7) is 4.32. The van der Waals surface area contributed by atoms with E-state index in [1.807, 2.05) is 55.7 Å². The summed E-state index contributed by atoms with van der Waals surface area (Å²) in [6, 6.07) is 20.1. The molecule has 1 aliphatic rings. The van der Waals surface area contributed by atoms with Crippen LogP contribution in [0.3, 0.4) is 0 Å². The number of hydrogen-bond acceptors (Lipinski definition) is 6. The van der Waals surface area contributed by atoms with E-state index in [0.717, 1.165) is 63.9 Å². The van der Waals surface area contributed by atoms with Crippen LogP contribution in [0.4, 0.5) is 11.5 Å². The lowest BCUT2D eigenvalue weighted by molar-refractivity contribution is -0.115. The van der Waals surface area contributed by atoms with Crippen LogP contribution in [0.1, 0.15) is 56.1 Å². The van der Waals surface area contributed by atoms with Crippen molar-refractivity contribution in [1.29, 1.82) is 0 Å². The maximum atomic E-state index is 13.1. The fraction of sp³-hybridized carbons (Fsp3) is 0.286. The molecule has 0 saturated heterocycles. The Balaban J connectivity index is 1.43. The van der Waals surface area contributed by atoms with Gasteiger partial charge >= 0.3 is 0 Å². The van der Waals surface area contributed by atoms with Crippen LogP contribution in [0.25, 0.3) is 33.1 Å². The molecular weight excluding hydrogens is 536 g/mol. The lowest BCUT2D eigenvalue weighted by Gasteiger charge is -2.22. The van der Waals surface area contributed by atoms with Crippen LogP contribution in [-0.4, -0.2) is 40.5 Å². The van der Waals surface area contributed by atoms with Crippen molar-refractivity contribution in [1.82, 2.24) is 19.7 Å². The number of rotatable bonds is 8. The van der Waals surface area contributed by atoms with Crippen LogP contribution in [0.15, 0.2) is 72.9 Å². The Kier molecular flexibility index (Phi) is 7.86. The number of nitrogens with two attached hydrogens (primary N) is 1. The topological polar surface area (TPSA) is 107 Å². The van der Waals surface area contributed by atoms with Gasteiger partial charge in [-0.25, -0.2) is 9.97 Å². The molecule has 8 heteroatoms. The van der Waals surface area contributed by atoms with Crippen LogP contribution in [0, 0.1) is 0 Å². The van der Waals surface area contributed by atoms with E-state index in [1.165, 1.54) is 5.57 Å². The van der Waals surface area contributed by atoms with Crippen LogP contribution in [-0.2, 0) is 11.2 Å². The van der Waals surface area contributed by atoms with E-state index in [0.29, 0.717) is 23.3 Å². The zero-order valence-electron chi connectivity index (χ0n) is 25.1. The molecule has 4 N–H and O–H groups in total. The summed E-state index contributed by atoms with van der Waals surface area (Å²) in [4.78, 5) is 23.0. The number of carbonyl (C=O) groups is 1. The van der Waals surface area contributed by atoms with Crippen molar-refractivity contribution in [3.63, 3.8) is 0 Å². The van der Waals surface area contributed by atoms with Gasteiger partial charge in [0.1, 0.15) is 28.6 Å². The third kappa shape index (κ3) is 5.46. The molecule has 1 aliphatic carbocycles. The second-order valence-electron chi connectivity index (χ2n) is 11.5. The molecule has 3 aromatic carbocycles. The second-order valence-corrected chi connectivity index (χ2v) is 11.5. The minimum atomic E-state index is -0.0972. The van der Waals surface area contributed by atoms with E-state index in [1.54, 1.807) is 7.11 Å². The minimum Gasteiger partial charge on any atom is -0.497 e. The Bertz CT molecular complexity index is 1850. The molecule has 6 rings (SSSR count). The van der Waals surface area contributed by atoms with Crippen LogP contribution >= 0.6 is 0 Å². The van der Waals surface area contributed by atoms with Gasteiger partial charge in [0.05, 0.1) is 25.4 Å². The number of carbonyl (C=O) groups excluding carboxylic acids is 1. The van der Waals surface area contributed by atoms with E-state index in [4.69, 9.17) is 15.5 Å². The number of aromatic nitrogens is 3. The highest BCUT2D eigenvalue weighted by molar-refractivity contribution is 6.04. The highest BCUT2D eigenvalue weighted by Crippen LogP contribution is 2.39. The molecule has 1 unspecified atom stereocenters. The largest absolute Gasteiger partial charge is 0.497 e. The summed E-state index contributed by atoms with van der Waals surface area (Å²) in [7, 11) is 3.63. The third-order valence-corrected chi connectivity index (χ3v) is 8.35. The number of allylic oxidation sites excluding steroid dienone is 1. The third-order valence-electron chi connectivity index (χ3n) is 8.35. The van der Waals surface area contributed by atoms with Crippen molar-refractivity contribution in [2.45, 2.75) is 51.5 Å². The molecule has 0 bridgehead atoms. The van der Waals surface area contributed by atoms with E-state index >= 15 is 0 Å². The van der Waals surface area contributed by atoms with Gasteiger partial charge in [0.25, 0.3) is 0 Å². The van der Waals surface area contributed by atoms with Gasteiger partial charge in [-0.2, -0.15) is 0 Å². The van der Waals surface area contributed by atoms with Gasteiger partial charge in [-0.3, -0.25) is 9.20 Å². The first kappa shape index (κ1) is 28.4. The van der Waals surface area contributed by atoms with Crippen molar-refractivity contribution in [2.24, 2.45) is 0 Å². The van der Waals surface area contributed by atoms with Crippen molar-refractivity contribution < 1.29 is 9.53 Å². The van der Waals surface area contributed by atoms with E-state index in [2.05, 4.69) is 58.1 Å². The number of methoxy groups -OCH3 is 1. The van der Waals surface area contributed by atoms with Gasteiger partial charge < -0.3 is 21.1 Å². The average molecular weight is 575 g/mol. The monoisotopic (exact) mass is 574 g/mol. The lowest BCUT2D eigenvalue weighted by Crippen LogP contribution is -2.26. The molecule has 0 spiro atoms. The number of imidazole rings is 1. The molecule has 2 aromatic heterocycles. The smallest absolute Gasteiger partial charge is 0.228 e. The molecular formula is C35H38N6O2. The SMILES string of the molecule is CNC1CC=C(c2cnc(N)c3c(-c4ccc(CC(=O)Nc5cccc(OC)c5)c5ccccc45)nc(C(C)C)n23)CC1. The standard InChI is InChI=1S/C35H38N6O2/c1-21(2)35-40-32(33-34(36)38-20-30(41(33)35)22-12-15-24(37-3)16-13-22)29-17-14-23(27-10-5-6-11-28(27)29)18-31(42)39-25-8-7-9-26(19-25)43-4/h5-12,14,17,19-21,24,37H,13,15-16,18H2,1-4H3,(H2,36,38)(H,39,42). The van der Waals surface area contributed by atoms with E-state index < -0.39 is 0 Å². The lowest BCUT2D eigenvalue weighted by atomic mass is 9.93.